The van der Waals surface area contributed by atoms with Gasteiger partial charge in [0.05, 0.1) is 4.88 Å². The lowest BCUT2D eigenvalue weighted by molar-refractivity contribution is -0.137. The van der Waals surface area contributed by atoms with E-state index in [4.69, 9.17) is 0 Å². The van der Waals surface area contributed by atoms with E-state index in [0.29, 0.717) is 28.6 Å². The molecule has 1 heterocycles. The van der Waals surface area contributed by atoms with Gasteiger partial charge in [-0.3, -0.25) is 0 Å². The fourth-order valence-corrected chi connectivity index (χ4v) is 3.62. The van der Waals surface area contributed by atoms with Crippen LogP contribution < -0.4 is 0 Å². The van der Waals surface area contributed by atoms with Crippen LogP contribution in [0.2, 0.25) is 0 Å². The van der Waals surface area contributed by atoms with Crippen molar-refractivity contribution in [3.63, 3.8) is 0 Å². The van der Waals surface area contributed by atoms with Crippen molar-refractivity contribution in [1.29, 1.82) is 0 Å². The summed E-state index contributed by atoms with van der Waals surface area (Å²) in [7, 11) is 0. The first-order valence-electron chi connectivity index (χ1n) is 5.99. The third kappa shape index (κ3) is 2.40. The molecule has 18 heavy (non-hydrogen) atoms. The molecule has 2 nitrogen and oxygen atoms in total. The van der Waals surface area contributed by atoms with Gasteiger partial charge >= 0.3 is 6.18 Å². The molecular formula is C12H16F3NOS. The lowest BCUT2D eigenvalue weighted by Crippen LogP contribution is -2.37. The molecule has 1 N–H and O–H groups in total. The molecule has 0 spiro atoms. The summed E-state index contributed by atoms with van der Waals surface area (Å²) in [6.45, 7) is 3.99. The second kappa shape index (κ2) is 4.49. The van der Waals surface area contributed by atoms with Gasteiger partial charge in [-0.2, -0.15) is 13.2 Å². The van der Waals surface area contributed by atoms with Crippen LogP contribution >= 0.6 is 11.3 Å². The Kier molecular flexibility index (Phi) is 3.44. The van der Waals surface area contributed by atoms with Crippen molar-refractivity contribution in [2.45, 2.75) is 44.9 Å². The molecular weight excluding hydrogens is 263 g/mol. The van der Waals surface area contributed by atoms with Crippen LogP contribution in [0.15, 0.2) is 6.20 Å². The summed E-state index contributed by atoms with van der Waals surface area (Å²) in [4.78, 5) is 3.74. The Morgan fingerprint density at radius 1 is 1.44 bits per heavy atom. The van der Waals surface area contributed by atoms with Crippen LogP contribution in [0.25, 0.3) is 0 Å². The van der Waals surface area contributed by atoms with Gasteiger partial charge < -0.3 is 5.11 Å². The number of alkyl halides is 3. The SMILES string of the molecule is CC1CCC(O)(c2cnc(C(F)(F)F)s2)C(C)C1. The van der Waals surface area contributed by atoms with E-state index in [9.17, 15) is 18.3 Å². The maximum Gasteiger partial charge on any atom is 0.443 e. The molecule has 1 saturated carbocycles. The second-order valence-electron chi connectivity index (χ2n) is 5.23. The van der Waals surface area contributed by atoms with E-state index in [-0.39, 0.29) is 5.92 Å². The van der Waals surface area contributed by atoms with Gasteiger partial charge in [0.15, 0.2) is 5.01 Å². The molecule has 3 atom stereocenters. The monoisotopic (exact) mass is 279 g/mol. The number of thiazole rings is 1. The maximum atomic E-state index is 12.5. The molecule has 0 amide bonds. The number of hydrogen-bond acceptors (Lipinski definition) is 3. The number of aromatic nitrogens is 1. The van der Waals surface area contributed by atoms with Crippen molar-refractivity contribution >= 4 is 11.3 Å². The summed E-state index contributed by atoms with van der Waals surface area (Å²) in [5.41, 5.74) is -1.15. The first-order chi connectivity index (χ1) is 8.23. The Balaban J connectivity index is 2.28. The molecule has 0 radical (unpaired) electrons. The number of aliphatic hydroxyl groups is 1. The summed E-state index contributed by atoms with van der Waals surface area (Å²) >= 11 is 0.564. The Labute approximate surface area is 108 Å². The number of halogens is 3. The smallest absolute Gasteiger partial charge is 0.384 e. The highest BCUT2D eigenvalue weighted by Gasteiger charge is 2.43. The molecule has 102 valence electrons. The van der Waals surface area contributed by atoms with Crippen molar-refractivity contribution in [2.75, 3.05) is 0 Å². The maximum absolute atomic E-state index is 12.5. The van der Waals surface area contributed by atoms with Gasteiger partial charge in [0.25, 0.3) is 0 Å². The zero-order valence-corrected chi connectivity index (χ0v) is 11.1. The van der Waals surface area contributed by atoms with Crippen LogP contribution in [0, 0.1) is 11.8 Å². The fraction of sp³-hybridized carbons (Fsp3) is 0.750. The predicted molar refractivity (Wildman–Crippen MR) is 63.2 cm³/mol. The third-order valence-electron chi connectivity index (χ3n) is 3.76. The Hall–Kier alpha value is -0.620. The van der Waals surface area contributed by atoms with E-state index < -0.39 is 16.8 Å². The van der Waals surface area contributed by atoms with Crippen molar-refractivity contribution in [3.8, 4) is 0 Å². The molecule has 1 aromatic heterocycles. The second-order valence-corrected chi connectivity index (χ2v) is 6.26. The van der Waals surface area contributed by atoms with Gasteiger partial charge in [-0.15, -0.1) is 11.3 Å². The van der Waals surface area contributed by atoms with Crippen LogP contribution in [-0.4, -0.2) is 10.1 Å². The van der Waals surface area contributed by atoms with Gasteiger partial charge in [-0.05, 0) is 31.1 Å². The molecule has 6 heteroatoms. The molecule has 1 aliphatic carbocycles. The van der Waals surface area contributed by atoms with E-state index in [1.165, 1.54) is 6.20 Å². The van der Waals surface area contributed by atoms with E-state index in [1.807, 2.05) is 6.92 Å². The minimum atomic E-state index is -4.43. The highest BCUT2D eigenvalue weighted by molar-refractivity contribution is 7.11. The summed E-state index contributed by atoms with van der Waals surface area (Å²) in [5, 5.41) is 9.73. The lowest BCUT2D eigenvalue weighted by atomic mass is 9.72. The molecule has 1 aromatic rings. The summed E-state index contributed by atoms with van der Waals surface area (Å²) in [6, 6.07) is 0. The Morgan fingerprint density at radius 3 is 2.61 bits per heavy atom. The van der Waals surface area contributed by atoms with Gasteiger partial charge in [-0.1, -0.05) is 13.8 Å². The molecule has 0 aromatic carbocycles. The van der Waals surface area contributed by atoms with Crippen LogP contribution in [0.4, 0.5) is 13.2 Å². The molecule has 0 saturated heterocycles. The zero-order valence-electron chi connectivity index (χ0n) is 10.3. The largest absolute Gasteiger partial charge is 0.443 e. The average molecular weight is 279 g/mol. The van der Waals surface area contributed by atoms with E-state index in [2.05, 4.69) is 11.9 Å². The first-order valence-corrected chi connectivity index (χ1v) is 6.81. The molecule has 2 rings (SSSR count). The van der Waals surface area contributed by atoms with E-state index >= 15 is 0 Å². The standard InChI is InChI=1S/C12H16F3NOS/c1-7-3-4-11(17,8(2)5-7)9-6-16-10(18-9)12(13,14)15/h6-8,17H,3-5H2,1-2H3. The summed E-state index contributed by atoms with van der Waals surface area (Å²) in [5.74, 6) is 0.470. The van der Waals surface area contributed by atoms with Crippen LogP contribution in [0.1, 0.15) is 43.0 Å². The molecule has 1 fully saturated rings. The first kappa shape index (κ1) is 13.8. The molecule has 3 unspecified atom stereocenters. The minimum Gasteiger partial charge on any atom is -0.384 e. The normalized spacial score (nSPS) is 33.7. The Morgan fingerprint density at radius 2 is 2.11 bits per heavy atom. The fourth-order valence-electron chi connectivity index (χ4n) is 2.60. The topological polar surface area (TPSA) is 33.1 Å². The highest BCUT2D eigenvalue weighted by Crippen LogP contribution is 2.46. The van der Waals surface area contributed by atoms with Crippen molar-refractivity contribution in [3.05, 3.63) is 16.1 Å². The molecule has 1 aliphatic rings. The predicted octanol–water partition coefficient (Wildman–Crippen LogP) is 3.81. The van der Waals surface area contributed by atoms with Gasteiger partial charge in [0, 0.05) is 6.20 Å². The zero-order chi connectivity index (χ0) is 13.6. The van der Waals surface area contributed by atoms with Crippen molar-refractivity contribution < 1.29 is 18.3 Å². The van der Waals surface area contributed by atoms with Gasteiger partial charge in [0.2, 0.25) is 0 Å². The van der Waals surface area contributed by atoms with E-state index in [0.717, 1.165) is 12.8 Å². The summed E-state index contributed by atoms with van der Waals surface area (Å²) in [6.07, 6.45) is -1.07. The molecule has 0 bridgehead atoms. The van der Waals surface area contributed by atoms with Crippen molar-refractivity contribution in [1.82, 2.24) is 4.98 Å². The average Bonchev–Trinajstić information content (AvgIpc) is 2.73. The minimum absolute atomic E-state index is 0.0391. The number of nitrogens with zero attached hydrogens (tertiary/aromatic N) is 1. The van der Waals surface area contributed by atoms with Gasteiger partial charge in [0.1, 0.15) is 5.60 Å². The molecule has 0 aliphatic heterocycles. The number of hydrogen-bond donors (Lipinski definition) is 1. The Bertz CT molecular complexity index is 431. The lowest BCUT2D eigenvalue weighted by Gasteiger charge is -2.39. The van der Waals surface area contributed by atoms with Crippen LogP contribution in [0.5, 0.6) is 0 Å². The third-order valence-corrected chi connectivity index (χ3v) is 4.97. The quantitative estimate of drug-likeness (QED) is 0.848. The number of rotatable bonds is 1. The van der Waals surface area contributed by atoms with Crippen LogP contribution in [-0.2, 0) is 11.8 Å². The highest BCUT2D eigenvalue weighted by atomic mass is 32.1. The summed E-state index contributed by atoms with van der Waals surface area (Å²) < 4.78 is 37.6. The van der Waals surface area contributed by atoms with Crippen LogP contribution in [0.3, 0.4) is 0 Å². The van der Waals surface area contributed by atoms with Gasteiger partial charge in [-0.25, -0.2) is 4.98 Å². The van der Waals surface area contributed by atoms with Crippen molar-refractivity contribution in [2.24, 2.45) is 11.8 Å². The van der Waals surface area contributed by atoms with E-state index in [1.54, 1.807) is 0 Å².